The summed E-state index contributed by atoms with van der Waals surface area (Å²) in [5.41, 5.74) is 3.15. The summed E-state index contributed by atoms with van der Waals surface area (Å²) in [5.74, 6) is 1.52. The van der Waals surface area contributed by atoms with Crippen LogP contribution < -0.4 is 5.32 Å². The number of amides is 2. The topological polar surface area (TPSA) is 63.1 Å². The number of hydrogen-bond acceptors (Lipinski definition) is 3. The lowest BCUT2D eigenvalue weighted by molar-refractivity contribution is 0.207. The van der Waals surface area contributed by atoms with Gasteiger partial charge in [-0.25, -0.2) is 14.8 Å². The fraction of sp³-hybridized carbons (Fsp3) is 0.409. The summed E-state index contributed by atoms with van der Waals surface area (Å²) in [4.78, 5) is 23.7. The number of nitrogens with zero attached hydrogens (tertiary/aromatic N) is 4. The number of likely N-dealkylation sites (tertiary alicyclic amines) is 1. The number of aryl methyl sites for hydroxylation is 1. The highest BCUT2D eigenvalue weighted by molar-refractivity contribution is 5.74. The van der Waals surface area contributed by atoms with Gasteiger partial charge >= 0.3 is 6.03 Å². The standard InChI is InChI=1S/C22H27N5O/c1-2-27-20(25-19-9-6-12-23-21(19)27)15-18-11-14-26(16-18)22(28)24-13-10-17-7-4-3-5-8-17/h3-9,12,18H,2,10-11,13-16H2,1H3,(H,24,28). The fourth-order valence-corrected chi connectivity index (χ4v) is 4.01. The van der Waals surface area contributed by atoms with Crippen molar-refractivity contribution in [2.45, 2.75) is 32.7 Å². The molecule has 1 saturated heterocycles. The van der Waals surface area contributed by atoms with E-state index in [9.17, 15) is 4.79 Å². The van der Waals surface area contributed by atoms with Crippen LogP contribution in [0.3, 0.4) is 0 Å². The minimum atomic E-state index is 0.0455. The molecule has 2 aromatic heterocycles. The Morgan fingerprint density at radius 3 is 2.89 bits per heavy atom. The molecule has 0 bridgehead atoms. The van der Waals surface area contributed by atoms with E-state index in [2.05, 4.69) is 33.9 Å². The number of carbonyl (C=O) groups excluding carboxylic acids is 1. The Morgan fingerprint density at radius 1 is 1.21 bits per heavy atom. The van der Waals surface area contributed by atoms with E-state index in [1.165, 1.54) is 5.56 Å². The van der Waals surface area contributed by atoms with Gasteiger partial charge in [-0.15, -0.1) is 0 Å². The second-order valence-corrected chi connectivity index (χ2v) is 7.39. The van der Waals surface area contributed by atoms with Crippen molar-refractivity contribution < 1.29 is 4.79 Å². The molecule has 1 atom stereocenters. The second kappa shape index (κ2) is 8.42. The van der Waals surface area contributed by atoms with Crippen LogP contribution in [0, 0.1) is 5.92 Å². The van der Waals surface area contributed by atoms with Crippen LogP contribution in [0.5, 0.6) is 0 Å². The van der Waals surface area contributed by atoms with E-state index in [0.717, 1.165) is 55.9 Å². The molecule has 0 saturated carbocycles. The quantitative estimate of drug-likeness (QED) is 0.717. The van der Waals surface area contributed by atoms with Gasteiger partial charge in [0.2, 0.25) is 0 Å². The van der Waals surface area contributed by atoms with Gasteiger partial charge in [-0.05, 0) is 43.4 Å². The fourth-order valence-electron chi connectivity index (χ4n) is 4.01. The third kappa shape index (κ3) is 4.01. The first-order chi connectivity index (χ1) is 13.7. The van der Waals surface area contributed by atoms with Crippen molar-refractivity contribution in [2.24, 2.45) is 5.92 Å². The molecular formula is C22H27N5O. The Labute approximate surface area is 165 Å². The third-order valence-electron chi connectivity index (χ3n) is 5.48. The number of pyridine rings is 1. The summed E-state index contributed by atoms with van der Waals surface area (Å²) in [5, 5.41) is 3.06. The second-order valence-electron chi connectivity index (χ2n) is 7.39. The van der Waals surface area contributed by atoms with Crippen LogP contribution in [0.2, 0.25) is 0 Å². The minimum Gasteiger partial charge on any atom is -0.338 e. The van der Waals surface area contributed by atoms with Crippen LogP contribution in [0.1, 0.15) is 24.7 Å². The van der Waals surface area contributed by atoms with Crippen molar-refractivity contribution in [3.05, 3.63) is 60.0 Å². The maximum atomic E-state index is 12.5. The molecule has 0 spiro atoms. The maximum absolute atomic E-state index is 12.5. The van der Waals surface area contributed by atoms with E-state index < -0.39 is 0 Å². The van der Waals surface area contributed by atoms with E-state index in [0.29, 0.717) is 12.5 Å². The molecule has 4 rings (SSSR count). The number of imidazole rings is 1. The monoisotopic (exact) mass is 377 g/mol. The Balaban J connectivity index is 1.31. The van der Waals surface area contributed by atoms with Gasteiger partial charge in [0.15, 0.2) is 5.65 Å². The number of urea groups is 1. The number of carbonyl (C=O) groups is 1. The van der Waals surface area contributed by atoms with Crippen LogP contribution in [-0.2, 0) is 19.4 Å². The number of benzene rings is 1. The van der Waals surface area contributed by atoms with Crippen molar-refractivity contribution in [3.8, 4) is 0 Å². The van der Waals surface area contributed by atoms with E-state index in [-0.39, 0.29) is 6.03 Å². The Bertz CT molecular complexity index is 937. The largest absolute Gasteiger partial charge is 0.338 e. The van der Waals surface area contributed by atoms with Gasteiger partial charge in [-0.3, -0.25) is 0 Å². The molecule has 2 amide bonds. The van der Waals surface area contributed by atoms with Crippen molar-refractivity contribution in [1.82, 2.24) is 24.8 Å². The summed E-state index contributed by atoms with van der Waals surface area (Å²) >= 11 is 0. The van der Waals surface area contributed by atoms with Crippen LogP contribution in [0.15, 0.2) is 48.7 Å². The van der Waals surface area contributed by atoms with Gasteiger partial charge in [-0.1, -0.05) is 30.3 Å². The molecule has 1 unspecified atom stereocenters. The minimum absolute atomic E-state index is 0.0455. The molecule has 3 aromatic rings. The highest BCUT2D eigenvalue weighted by Crippen LogP contribution is 2.23. The van der Waals surface area contributed by atoms with Crippen molar-refractivity contribution in [3.63, 3.8) is 0 Å². The number of aromatic nitrogens is 3. The van der Waals surface area contributed by atoms with E-state index >= 15 is 0 Å². The molecule has 3 heterocycles. The average molecular weight is 377 g/mol. The zero-order chi connectivity index (χ0) is 19.3. The first-order valence-electron chi connectivity index (χ1n) is 10.1. The molecule has 146 valence electrons. The first-order valence-corrected chi connectivity index (χ1v) is 10.1. The molecule has 1 fully saturated rings. The maximum Gasteiger partial charge on any atom is 0.317 e. The predicted molar refractivity (Wildman–Crippen MR) is 110 cm³/mol. The van der Waals surface area contributed by atoms with Crippen molar-refractivity contribution in [2.75, 3.05) is 19.6 Å². The number of fused-ring (bicyclic) bond motifs is 1. The van der Waals surface area contributed by atoms with Gasteiger partial charge in [0.25, 0.3) is 0 Å². The molecule has 6 heteroatoms. The summed E-state index contributed by atoms with van der Waals surface area (Å²) in [6.07, 6.45) is 4.58. The summed E-state index contributed by atoms with van der Waals surface area (Å²) in [7, 11) is 0. The molecule has 1 aliphatic rings. The normalized spacial score (nSPS) is 16.6. The van der Waals surface area contributed by atoms with Gasteiger partial charge in [0.1, 0.15) is 11.3 Å². The van der Waals surface area contributed by atoms with Crippen LogP contribution in [0.4, 0.5) is 4.79 Å². The molecule has 1 aromatic carbocycles. The summed E-state index contributed by atoms with van der Waals surface area (Å²) < 4.78 is 2.19. The molecule has 1 N–H and O–H groups in total. The molecule has 0 aliphatic carbocycles. The van der Waals surface area contributed by atoms with Gasteiger partial charge < -0.3 is 14.8 Å². The summed E-state index contributed by atoms with van der Waals surface area (Å²) in [6.45, 7) is 5.25. The van der Waals surface area contributed by atoms with Gasteiger partial charge in [-0.2, -0.15) is 0 Å². The molecule has 0 radical (unpaired) electrons. The number of hydrogen-bond donors (Lipinski definition) is 1. The zero-order valence-electron chi connectivity index (χ0n) is 16.3. The predicted octanol–water partition coefficient (Wildman–Crippen LogP) is 3.27. The number of nitrogens with one attached hydrogen (secondary N) is 1. The summed E-state index contributed by atoms with van der Waals surface area (Å²) in [6, 6.07) is 14.2. The lowest BCUT2D eigenvalue weighted by atomic mass is 10.0. The number of rotatable bonds is 6. The van der Waals surface area contributed by atoms with Crippen LogP contribution >= 0.6 is 0 Å². The van der Waals surface area contributed by atoms with Crippen molar-refractivity contribution >= 4 is 17.2 Å². The molecular weight excluding hydrogens is 350 g/mol. The van der Waals surface area contributed by atoms with Crippen molar-refractivity contribution in [1.29, 1.82) is 0 Å². The van der Waals surface area contributed by atoms with E-state index in [1.807, 2.05) is 41.4 Å². The lowest BCUT2D eigenvalue weighted by Crippen LogP contribution is -2.39. The molecule has 28 heavy (non-hydrogen) atoms. The molecule has 1 aliphatic heterocycles. The highest BCUT2D eigenvalue weighted by Gasteiger charge is 2.27. The first kappa shape index (κ1) is 18.5. The average Bonchev–Trinajstić information content (AvgIpc) is 3.33. The van der Waals surface area contributed by atoms with E-state index in [1.54, 1.807) is 0 Å². The van der Waals surface area contributed by atoms with Crippen LogP contribution in [-0.4, -0.2) is 45.1 Å². The highest BCUT2D eigenvalue weighted by atomic mass is 16.2. The lowest BCUT2D eigenvalue weighted by Gasteiger charge is -2.17. The smallest absolute Gasteiger partial charge is 0.317 e. The molecule has 6 nitrogen and oxygen atoms in total. The van der Waals surface area contributed by atoms with Crippen LogP contribution in [0.25, 0.3) is 11.2 Å². The van der Waals surface area contributed by atoms with Gasteiger partial charge in [0, 0.05) is 38.8 Å². The third-order valence-corrected chi connectivity index (χ3v) is 5.48. The Kier molecular flexibility index (Phi) is 5.55. The zero-order valence-corrected chi connectivity index (χ0v) is 16.3. The van der Waals surface area contributed by atoms with E-state index in [4.69, 9.17) is 4.98 Å². The Morgan fingerprint density at radius 2 is 2.07 bits per heavy atom. The van der Waals surface area contributed by atoms with Gasteiger partial charge in [0.05, 0.1) is 0 Å². The SMILES string of the molecule is CCn1c(CC2CCN(C(=O)NCCc3ccccc3)C2)nc2cccnc21. The Hall–Kier alpha value is -2.89.